The second-order valence-corrected chi connectivity index (χ2v) is 10.9. The lowest BCUT2D eigenvalue weighted by atomic mass is 9.86. The van der Waals surface area contributed by atoms with Crippen LogP contribution in [0.4, 0.5) is 20.5 Å². The summed E-state index contributed by atoms with van der Waals surface area (Å²) >= 11 is 0. The topological polar surface area (TPSA) is 104 Å². The number of aromatic nitrogens is 5. The molecule has 1 fully saturated rings. The predicted octanol–water partition coefficient (Wildman–Crippen LogP) is 5.15. The minimum absolute atomic E-state index is 0.0132. The zero-order valence-corrected chi connectivity index (χ0v) is 24.0. The Balaban J connectivity index is 1.38. The standard InChI is InChI=1S/C30H38F2N8O/c1-5-39-11-8-20(9-12-39)27(33-10-13-41)21-6-7-26(34-16-21)37-30-35-17-24(32)28(38-30)22-14-23(31)29-25(15-22)40(18(2)3)19(4)36-29/h6-7,14-18,20,27,33,41H,5,8-13H2,1-4H3,(H,34,35,37,38)/t27-/m1/s1. The third kappa shape index (κ3) is 6.22. The van der Waals surface area contributed by atoms with Crippen molar-refractivity contribution in [3.05, 3.63) is 59.7 Å². The first-order valence-electron chi connectivity index (χ1n) is 14.3. The van der Waals surface area contributed by atoms with E-state index in [0.717, 1.165) is 44.2 Å². The number of imidazole rings is 1. The minimum atomic E-state index is -0.656. The molecule has 9 nitrogen and oxygen atoms in total. The van der Waals surface area contributed by atoms with Crippen molar-refractivity contribution in [2.45, 2.75) is 52.6 Å². The number of rotatable bonds is 10. The molecular formula is C30H38F2N8O. The number of piperidine rings is 1. The van der Waals surface area contributed by atoms with Gasteiger partial charge in [0.15, 0.2) is 11.6 Å². The lowest BCUT2D eigenvalue weighted by molar-refractivity contribution is 0.160. The van der Waals surface area contributed by atoms with Gasteiger partial charge in [0, 0.05) is 30.4 Å². The van der Waals surface area contributed by atoms with Crippen LogP contribution in [0.3, 0.4) is 0 Å². The number of fused-ring (bicyclic) bond motifs is 1. The van der Waals surface area contributed by atoms with Crippen molar-refractivity contribution in [1.29, 1.82) is 0 Å². The van der Waals surface area contributed by atoms with Gasteiger partial charge in [0.1, 0.15) is 22.9 Å². The molecule has 4 aromatic rings. The van der Waals surface area contributed by atoms with Crippen LogP contribution in [-0.4, -0.2) is 67.3 Å². The van der Waals surface area contributed by atoms with Gasteiger partial charge in [-0.3, -0.25) is 0 Å². The lowest BCUT2D eigenvalue weighted by Gasteiger charge is -2.36. The van der Waals surface area contributed by atoms with Crippen LogP contribution in [0.5, 0.6) is 0 Å². The molecule has 41 heavy (non-hydrogen) atoms. The molecule has 11 heteroatoms. The van der Waals surface area contributed by atoms with E-state index in [4.69, 9.17) is 0 Å². The maximum absolute atomic E-state index is 15.0. The monoisotopic (exact) mass is 564 g/mol. The van der Waals surface area contributed by atoms with Crippen molar-refractivity contribution >= 4 is 22.8 Å². The fraction of sp³-hybridized carbons (Fsp3) is 0.467. The van der Waals surface area contributed by atoms with Gasteiger partial charge in [-0.25, -0.2) is 28.7 Å². The minimum Gasteiger partial charge on any atom is -0.395 e. The number of halogens is 2. The smallest absolute Gasteiger partial charge is 0.229 e. The van der Waals surface area contributed by atoms with E-state index in [9.17, 15) is 9.50 Å². The first-order chi connectivity index (χ1) is 19.8. The first-order valence-corrected chi connectivity index (χ1v) is 14.3. The zero-order chi connectivity index (χ0) is 29.1. The van der Waals surface area contributed by atoms with Gasteiger partial charge in [-0.2, -0.15) is 0 Å². The largest absolute Gasteiger partial charge is 0.395 e. The van der Waals surface area contributed by atoms with Crippen molar-refractivity contribution in [3.8, 4) is 11.3 Å². The van der Waals surface area contributed by atoms with E-state index in [0.29, 0.717) is 35.2 Å². The molecule has 0 spiro atoms. The molecule has 3 N–H and O–H groups in total. The van der Waals surface area contributed by atoms with Crippen LogP contribution in [0.2, 0.25) is 0 Å². The maximum Gasteiger partial charge on any atom is 0.229 e. The summed E-state index contributed by atoms with van der Waals surface area (Å²) in [5.41, 5.74) is 2.16. The normalized spacial score (nSPS) is 15.6. The molecule has 218 valence electrons. The van der Waals surface area contributed by atoms with E-state index in [2.05, 4.69) is 42.4 Å². The van der Waals surface area contributed by atoms with E-state index >= 15 is 4.39 Å². The molecule has 0 bridgehead atoms. The second-order valence-electron chi connectivity index (χ2n) is 10.9. The number of anilines is 2. The van der Waals surface area contributed by atoms with Gasteiger partial charge < -0.3 is 25.2 Å². The van der Waals surface area contributed by atoms with Crippen LogP contribution in [0.25, 0.3) is 22.3 Å². The molecular weight excluding hydrogens is 526 g/mol. The summed E-state index contributed by atoms with van der Waals surface area (Å²) in [6.45, 7) is 11.7. The summed E-state index contributed by atoms with van der Waals surface area (Å²) in [6.07, 6.45) is 5.04. The molecule has 0 unspecified atom stereocenters. The Hall–Kier alpha value is -3.54. The Labute approximate surface area is 239 Å². The maximum atomic E-state index is 15.0. The van der Waals surface area contributed by atoms with Gasteiger partial charge in [-0.15, -0.1) is 0 Å². The molecule has 1 atom stereocenters. The van der Waals surface area contributed by atoms with Crippen molar-refractivity contribution < 1.29 is 13.9 Å². The van der Waals surface area contributed by atoms with Crippen LogP contribution < -0.4 is 10.6 Å². The number of aryl methyl sites for hydroxylation is 1. The third-order valence-electron chi connectivity index (χ3n) is 7.87. The fourth-order valence-corrected chi connectivity index (χ4v) is 5.84. The number of nitrogens with one attached hydrogen (secondary N) is 2. The molecule has 1 aliphatic rings. The summed E-state index contributed by atoms with van der Waals surface area (Å²) < 4.78 is 31.9. The van der Waals surface area contributed by atoms with Crippen molar-refractivity contribution in [1.82, 2.24) is 34.7 Å². The molecule has 1 saturated heterocycles. The number of likely N-dealkylation sites (tertiary alicyclic amines) is 1. The van der Waals surface area contributed by atoms with Gasteiger partial charge in [0.05, 0.1) is 18.3 Å². The molecule has 3 aromatic heterocycles. The van der Waals surface area contributed by atoms with Gasteiger partial charge in [-0.05, 0) is 82.9 Å². The summed E-state index contributed by atoms with van der Waals surface area (Å²) in [4.78, 5) is 19.8. The van der Waals surface area contributed by atoms with Gasteiger partial charge in [0.25, 0.3) is 0 Å². The average molecular weight is 565 g/mol. The van der Waals surface area contributed by atoms with Crippen molar-refractivity contribution in [2.24, 2.45) is 5.92 Å². The number of nitrogens with zero attached hydrogens (tertiary/aromatic N) is 6. The average Bonchev–Trinajstić information content (AvgIpc) is 3.32. The summed E-state index contributed by atoms with van der Waals surface area (Å²) in [6, 6.07) is 6.95. The van der Waals surface area contributed by atoms with Gasteiger partial charge >= 0.3 is 0 Å². The van der Waals surface area contributed by atoms with Crippen LogP contribution in [0, 0.1) is 24.5 Å². The summed E-state index contributed by atoms with van der Waals surface area (Å²) in [5.74, 6) is 0.597. The molecule has 0 aliphatic carbocycles. The highest BCUT2D eigenvalue weighted by Crippen LogP contribution is 2.32. The zero-order valence-electron chi connectivity index (χ0n) is 24.0. The van der Waals surface area contributed by atoms with E-state index in [-0.39, 0.29) is 35.8 Å². The molecule has 4 heterocycles. The number of aliphatic hydroxyl groups is 1. The first kappa shape index (κ1) is 29.0. The molecule has 0 saturated carbocycles. The highest BCUT2D eigenvalue weighted by atomic mass is 19.1. The Kier molecular flexibility index (Phi) is 8.86. The molecule has 0 amide bonds. The molecule has 1 aromatic carbocycles. The van der Waals surface area contributed by atoms with E-state index in [1.165, 1.54) is 6.07 Å². The number of pyridine rings is 1. The van der Waals surface area contributed by atoms with Gasteiger partial charge in [-0.1, -0.05) is 13.0 Å². The SMILES string of the molecule is CCN1CCC([C@@H](NCCO)c2ccc(Nc3ncc(F)c(-c4cc(F)c5nc(C)n(C(C)C)c5c4)n3)nc2)CC1. The van der Waals surface area contributed by atoms with Crippen LogP contribution in [0.15, 0.2) is 36.7 Å². The quantitative estimate of drug-likeness (QED) is 0.243. The Bertz CT molecular complexity index is 1480. The van der Waals surface area contributed by atoms with Crippen molar-refractivity contribution in [2.75, 3.05) is 38.1 Å². The van der Waals surface area contributed by atoms with Gasteiger partial charge in [0.2, 0.25) is 5.95 Å². The number of aliphatic hydroxyl groups excluding tert-OH is 1. The highest BCUT2D eigenvalue weighted by molar-refractivity contribution is 5.83. The van der Waals surface area contributed by atoms with E-state index in [1.54, 1.807) is 6.07 Å². The van der Waals surface area contributed by atoms with Crippen LogP contribution in [-0.2, 0) is 0 Å². The molecule has 0 radical (unpaired) electrons. The van der Waals surface area contributed by atoms with E-state index in [1.807, 2.05) is 43.7 Å². The van der Waals surface area contributed by atoms with Crippen molar-refractivity contribution in [3.63, 3.8) is 0 Å². The number of benzene rings is 1. The molecule has 1 aliphatic heterocycles. The van der Waals surface area contributed by atoms with Crippen LogP contribution >= 0.6 is 0 Å². The molecule has 5 rings (SSSR count). The second kappa shape index (κ2) is 12.5. The van der Waals surface area contributed by atoms with Crippen LogP contribution in [0.1, 0.15) is 57.1 Å². The fourth-order valence-electron chi connectivity index (χ4n) is 5.84. The lowest BCUT2D eigenvalue weighted by Crippen LogP contribution is -2.39. The highest BCUT2D eigenvalue weighted by Gasteiger charge is 2.27. The Morgan fingerprint density at radius 1 is 1.05 bits per heavy atom. The summed E-state index contributed by atoms with van der Waals surface area (Å²) in [7, 11) is 0. The predicted molar refractivity (Wildman–Crippen MR) is 156 cm³/mol. The Morgan fingerprint density at radius 3 is 2.49 bits per heavy atom. The Morgan fingerprint density at radius 2 is 1.83 bits per heavy atom. The third-order valence-corrected chi connectivity index (χ3v) is 7.87. The number of hydrogen-bond acceptors (Lipinski definition) is 8. The summed E-state index contributed by atoms with van der Waals surface area (Å²) in [5, 5.41) is 16.0. The number of hydrogen-bond donors (Lipinski definition) is 3. The van der Waals surface area contributed by atoms with E-state index < -0.39 is 11.6 Å².